The van der Waals surface area contributed by atoms with Gasteiger partial charge in [-0.05, 0) is 32.2 Å². The minimum Gasteiger partial charge on any atom is -0.373 e. The van der Waals surface area contributed by atoms with Crippen LogP contribution in [0.5, 0.6) is 0 Å². The molecule has 0 aromatic carbocycles. The third-order valence-corrected chi connectivity index (χ3v) is 4.76. The summed E-state index contributed by atoms with van der Waals surface area (Å²) in [6.07, 6.45) is 0. The second kappa shape index (κ2) is 6.10. The molecule has 0 saturated carbocycles. The summed E-state index contributed by atoms with van der Waals surface area (Å²) in [6.45, 7) is 4.84. The zero-order valence-corrected chi connectivity index (χ0v) is 12.3. The minimum absolute atomic E-state index is 0.0237. The molecule has 0 spiro atoms. The Balaban J connectivity index is 2.86. The molecule has 0 aliphatic heterocycles. The van der Waals surface area contributed by atoms with Crippen LogP contribution in [0, 0.1) is 0 Å². The van der Waals surface area contributed by atoms with E-state index in [1.165, 1.54) is 17.4 Å². The first kappa shape index (κ1) is 15.6. The van der Waals surface area contributed by atoms with Gasteiger partial charge in [0.15, 0.2) is 0 Å². The van der Waals surface area contributed by atoms with Crippen molar-refractivity contribution in [2.75, 3.05) is 13.3 Å². The van der Waals surface area contributed by atoms with Gasteiger partial charge in [0.05, 0.1) is 23.0 Å². The molecular formula is C11H18FNO3S2. The third-order valence-electron chi connectivity index (χ3n) is 1.89. The third kappa shape index (κ3) is 4.64. The number of ether oxygens (including phenoxy) is 1. The summed E-state index contributed by atoms with van der Waals surface area (Å²) in [6, 6.07) is 1.53. The monoisotopic (exact) mass is 295 g/mol. The predicted molar refractivity (Wildman–Crippen MR) is 70.0 cm³/mol. The van der Waals surface area contributed by atoms with Gasteiger partial charge in [-0.2, -0.15) is 0 Å². The van der Waals surface area contributed by atoms with Crippen molar-refractivity contribution in [2.45, 2.75) is 37.8 Å². The standard InChI is InChI=1S/C11H18FNO3S2/c1-11(2,3)13-18(14,15)10-4-7-17-9(10)8-16-6-5-12/h4,7,13H,5-6,8H2,1-3H3. The minimum atomic E-state index is -3.56. The first-order valence-corrected chi connectivity index (χ1v) is 7.86. The second-order valence-corrected chi connectivity index (χ2v) is 7.46. The fourth-order valence-electron chi connectivity index (χ4n) is 1.35. The summed E-state index contributed by atoms with van der Waals surface area (Å²) in [5.41, 5.74) is -0.544. The number of halogens is 1. The van der Waals surface area contributed by atoms with Crippen LogP contribution in [0.4, 0.5) is 4.39 Å². The molecule has 1 heterocycles. The maximum absolute atomic E-state index is 12.1. The predicted octanol–water partition coefficient (Wildman–Crippen LogP) is 2.31. The Labute approximate surface area is 111 Å². The molecule has 1 N–H and O–H groups in total. The van der Waals surface area contributed by atoms with Crippen LogP contribution in [0.3, 0.4) is 0 Å². The van der Waals surface area contributed by atoms with Crippen molar-refractivity contribution in [3.05, 3.63) is 16.3 Å². The maximum atomic E-state index is 12.1. The quantitative estimate of drug-likeness (QED) is 0.819. The van der Waals surface area contributed by atoms with Crippen LogP contribution < -0.4 is 4.72 Å². The number of nitrogens with one attached hydrogen (secondary N) is 1. The lowest BCUT2D eigenvalue weighted by atomic mass is 10.1. The van der Waals surface area contributed by atoms with Crippen molar-refractivity contribution in [1.29, 1.82) is 0 Å². The Hall–Kier alpha value is -0.500. The van der Waals surface area contributed by atoms with Crippen LogP contribution in [0.15, 0.2) is 16.3 Å². The fraction of sp³-hybridized carbons (Fsp3) is 0.636. The van der Waals surface area contributed by atoms with Crippen LogP contribution in [0.1, 0.15) is 25.6 Å². The summed E-state index contributed by atoms with van der Waals surface area (Å²) in [5.74, 6) is 0. The van der Waals surface area contributed by atoms with Gasteiger partial charge in [0.25, 0.3) is 0 Å². The number of thiophene rings is 1. The molecule has 0 amide bonds. The van der Waals surface area contributed by atoms with Gasteiger partial charge >= 0.3 is 0 Å². The van der Waals surface area contributed by atoms with Crippen LogP contribution in [-0.2, 0) is 21.4 Å². The molecule has 1 aromatic heterocycles. The zero-order valence-electron chi connectivity index (χ0n) is 10.7. The highest BCUT2D eigenvalue weighted by atomic mass is 32.2. The molecule has 1 rings (SSSR count). The number of hydrogen-bond donors (Lipinski definition) is 1. The molecule has 1 aromatic rings. The average molecular weight is 295 g/mol. The van der Waals surface area contributed by atoms with Gasteiger partial charge in [0.1, 0.15) is 6.67 Å². The molecule has 0 bridgehead atoms. The number of sulfonamides is 1. The van der Waals surface area contributed by atoms with Crippen molar-refractivity contribution in [2.24, 2.45) is 0 Å². The van der Waals surface area contributed by atoms with Gasteiger partial charge in [-0.25, -0.2) is 17.5 Å². The molecule has 0 radical (unpaired) electrons. The van der Waals surface area contributed by atoms with Crippen LogP contribution >= 0.6 is 11.3 Å². The molecule has 104 valence electrons. The van der Waals surface area contributed by atoms with Crippen molar-refractivity contribution in [3.8, 4) is 0 Å². The van der Waals surface area contributed by atoms with Crippen LogP contribution in [-0.4, -0.2) is 27.2 Å². The Bertz CT molecular complexity index is 477. The summed E-state index contributed by atoms with van der Waals surface area (Å²) < 4.78 is 43.8. The average Bonchev–Trinajstić information content (AvgIpc) is 2.63. The van der Waals surface area contributed by atoms with Crippen molar-refractivity contribution < 1.29 is 17.5 Å². The number of alkyl halides is 1. The van der Waals surface area contributed by atoms with Crippen molar-refractivity contribution in [1.82, 2.24) is 4.72 Å². The van der Waals surface area contributed by atoms with E-state index in [1.807, 2.05) is 0 Å². The molecule has 0 atom stereocenters. The van der Waals surface area contributed by atoms with E-state index in [4.69, 9.17) is 4.74 Å². The number of rotatable bonds is 6. The molecule has 4 nitrogen and oxygen atoms in total. The van der Waals surface area contributed by atoms with E-state index < -0.39 is 22.2 Å². The fourth-order valence-corrected chi connectivity index (χ4v) is 4.14. The molecule has 0 unspecified atom stereocenters. The first-order chi connectivity index (χ1) is 8.26. The largest absolute Gasteiger partial charge is 0.373 e. The molecular weight excluding hydrogens is 277 g/mol. The Morgan fingerprint density at radius 2 is 2.11 bits per heavy atom. The van der Waals surface area contributed by atoms with Crippen LogP contribution in [0.2, 0.25) is 0 Å². The Morgan fingerprint density at radius 3 is 2.67 bits per heavy atom. The van der Waals surface area contributed by atoms with Crippen LogP contribution in [0.25, 0.3) is 0 Å². The van der Waals surface area contributed by atoms with E-state index in [1.54, 1.807) is 26.2 Å². The first-order valence-electron chi connectivity index (χ1n) is 5.50. The highest BCUT2D eigenvalue weighted by Gasteiger charge is 2.25. The molecule has 0 fully saturated rings. The lowest BCUT2D eigenvalue weighted by Crippen LogP contribution is -2.40. The van der Waals surface area contributed by atoms with Gasteiger partial charge in [0, 0.05) is 5.54 Å². The molecule has 18 heavy (non-hydrogen) atoms. The smallest absolute Gasteiger partial charge is 0.242 e. The van der Waals surface area contributed by atoms with E-state index in [9.17, 15) is 12.8 Å². The maximum Gasteiger partial charge on any atom is 0.242 e. The van der Waals surface area contributed by atoms with Gasteiger partial charge in [-0.1, -0.05) is 0 Å². The van der Waals surface area contributed by atoms with Crippen molar-refractivity contribution in [3.63, 3.8) is 0 Å². The molecule has 0 saturated heterocycles. The SMILES string of the molecule is CC(C)(C)NS(=O)(=O)c1ccsc1COCCF. The molecule has 7 heteroatoms. The van der Waals surface area contributed by atoms with Gasteiger partial charge in [-0.3, -0.25) is 0 Å². The summed E-state index contributed by atoms with van der Waals surface area (Å²) in [4.78, 5) is 0.793. The number of hydrogen-bond acceptors (Lipinski definition) is 4. The highest BCUT2D eigenvalue weighted by molar-refractivity contribution is 7.89. The van der Waals surface area contributed by atoms with E-state index in [0.717, 1.165) is 0 Å². The van der Waals surface area contributed by atoms with E-state index in [-0.39, 0.29) is 18.1 Å². The van der Waals surface area contributed by atoms with Crippen molar-refractivity contribution >= 4 is 21.4 Å². The highest BCUT2D eigenvalue weighted by Crippen LogP contribution is 2.23. The van der Waals surface area contributed by atoms with Gasteiger partial charge < -0.3 is 4.74 Å². The zero-order chi connectivity index (χ0) is 13.8. The Kier molecular flexibility index (Phi) is 5.27. The van der Waals surface area contributed by atoms with E-state index in [0.29, 0.717) is 4.88 Å². The molecule has 0 aliphatic rings. The summed E-state index contributed by atoms with van der Waals surface area (Å²) >= 11 is 1.29. The van der Waals surface area contributed by atoms with E-state index >= 15 is 0 Å². The summed E-state index contributed by atoms with van der Waals surface area (Å²) in [5, 5.41) is 1.69. The summed E-state index contributed by atoms with van der Waals surface area (Å²) in [7, 11) is -3.56. The lowest BCUT2D eigenvalue weighted by molar-refractivity contribution is 0.107. The van der Waals surface area contributed by atoms with Gasteiger partial charge in [0.2, 0.25) is 10.0 Å². The lowest BCUT2D eigenvalue weighted by Gasteiger charge is -2.20. The van der Waals surface area contributed by atoms with E-state index in [2.05, 4.69) is 4.72 Å². The van der Waals surface area contributed by atoms with Gasteiger partial charge in [-0.15, -0.1) is 11.3 Å². The topological polar surface area (TPSA) is 55.4 Å². The second-order valence-electron chi connectivity index (χ2n) is 4.81. The normalized spacial score (nSPS) is 12.9. The Morgan fingerprint density at radius 1 is 1.44 bits per heavy atom. The molecule has 0 aliphatic carbocycles.